The van der Waals surface area contributed by atoms with E-state index < -0.39 is 56.7 Å². The zero-order valence-corrected chi connectivity index (χ0v) is 30.8. The minimum absolute atomic E-state index is 0.0000481. The van der Waals surface area contributed by atoms with E-state index in [9.17, 15) is 40.6 Å². The molecule has 0 radical (unpaired) electrons. The summed E-state index contributed by atoms with van der Waals surface area (Å²) in [6.45, 7) is 8.17. The third-order valence-corrected chi connectivity index (χ3v) is 12.2. The number of ether oxygens (including phenoxy) is 2. The van der Waals surface area contributed by atoms with Gasteiger partial charge in [-0.3, -0.25) is 9.59 Å². The van der Waals surface area contributed by atoms with Crippen molar-refractivity contribution in [2.24, 2.45) is 0 Å². The van der Waals surface area contributed by atoms with Crippen LogP contribution in [0.4, 0.5) is 28.9 Å². The molecule has 55 heavy (non-hydrogen) atoms. The summed E-state index contributed by atoms with van der Waals surface area (Å²) in [5.74, 6) is -3.08. The Kier molecular flexibility index (Phi) is 10.4. The number of halogens is 4. The van der Waals surface area contributed by atoms with Crippen LogP contribution in [-0.4, -0.2) is 119 Å². The van der Waals surface area contributed by atoms with Crippen molar-refractivity contribution in [2.75, 3.05) is 62.3 Å². The Morgan fingerprint density at radius 2 is 1.16 bits per heavy atom. The maximum atomic E-state index is 13.5. The van der Waals surface area contributed by atoms with Gasteiger partial charge in [-0.05, 0) is 44.9 Å². The number of aromatic nitrogens is 4. The number of piperazine rings is 2. The summed E-state index contributed by atoms with van der Waals surface area (Å²) >= 11 is 0. The summed E-state index contributed by atoms with van der Waals surface area (Å²) in [5, 5.41) is 17.4. The van der Waals surface area contributed by atoms with Crippen molar-refractivity contribution in [3.63, 3.8) is 0 Å². The topological polar surface area (TPSA) is 156 Å². The monoisotopic (exact) mass is 788 g/mol. The molecule has 21 heteroatoms. The van der Waals surface area contributed by atoms with Crippen molar-refractivity contribution < 1.29 is 40.5 Å². The number of fused-ring (bicyclic) bond motifs is 6. The minimum Gasteiger partial charge on any atom is -0.484 e. The molecule has 4 aromatic rings. The lowest BCUT2D eigenvalue weighted by Crippen LogP contribution is -2.60. The number of hydrogen-bond donors (Lipinski definition) is 1. The summed E-state index contributed by atoms with van der Waals surface area (Å²) in [6, 6.07) is 5.26. The van der Waals surface area contributed by atoms with E-state index in [1.54, 1.807) is 20.7 Å². The lowest BCUT2D eigenvalue weighted by Gasteiger charge is -2.45. The predicted molar refractivity (Wildman–Crippen MR) is 194 cm³/mol. The molecule has 4 aliphatic rings. The molecule has 2 unspecified atom stereocenters. The molecule has 6 heterocycles. The van der Waals surface area contributed by atoms with Crippen molar-refractivity contribution in [3.8, 4) is 22.9 Å². The van der Waals surface area contributed by atoms with Gasteiger partial charge in [0.15, 0.2) is 0 Å². The van der Waals surface area contributed by atoms with Gasteiger partial charge in [-0.25, -0.2) is 26.0 Å². The number of rotatable bonds is 5. The first-order chi connectivity index (χ1) is 26.1. The maximum Gasteiger partial charge on any atom is 0.376 e. The molecule has 292 valence electrons. The molecule has 0 spiro atoms. The molecule has 2 fully saturated rings. The largest absolute Gasteiger partial charge is 0.484 e. The molecule has 0 saturated carbocycles. The normalized spacial score (nSPS) is 19.6. The third kappa shape index (κ3) is 7.40. The van der Waals surface area contributed by atoms with Crippen LogP contribution in [0, 0.1) is 23.3 Å². The van der Waals surface area contributed by atoms with Crippen molar-refractivity contribution >= 4 is 28.4 Å². The van der Waals surface area contributed by atoms with Gasteiger partial charge in [0.2, 0.25) is 21.5 Å². The Morgan fingerprint density at radius 3 is 1.60 bits per heavy atom. The van der Waals surface area contributed by atoms with Gasteiger partial charge < -0.3 is 29.1 Å². The molecule has 1 N–H and O–H groups in total. The van der Waals surface area contributed by atoms with Gasteiger partial charge in [-0.1, -0.05) is 0 Å². The molecular formula is C34H37BF4N8O7S. The molecule has 0 aliphatic carbocycles. The van der Waals surface area contributed by atoms with Crippen LogP contribution in [0.5, 0.6) is 11.5 Å². The first-order valence-corrected chi connectivity index (χ1v) is 19.0. The second-order valence-electron chi connectivity index (χ2n) is 13.8. The summed E-state index contributed by atoms with van der Waals surface area (Å²) in [5.41, 5.74) is -0.244. The molecular weight excluding hydrogens is 751 g/mol. The lowest BCUT2D eigenvalue weighted by atomic mass is 9.83. The fourth-order valence-electron chi connectivity index (χ4n) is 7.08. The zero-order valence-electron chi connectivity index (χ0n) is 30.0. The molecule has 2 aromatic heterocycles. The molecule has 0 amide bonds. The molecule has 0 bridgehead atoms. The maximum absolute atomic E-state index is 13.5. The van der Waals surface area contributed by atoms with E-state index in [0.29, 0.717) is 43.6 Å². The fraction of sp³-hybridized carbons (Fsp3) is 0.412. The van der Waals surface area contributed by atoms with Gasteiger partial charge in [0, 0.05) is 51.4 Å². The van der Waals surface area contributed by atoms with Crippen LogP contribution in [0.3, 0.4) is 0 Å². The molecule has 15 nitrogen and oxygen atoms in total. The van der Waals surface area contributed by atoms with Crippen molar-refractivity contribution in [2.45, 2.75) is 38.0 Å². The average Bonchev–Trinajstić information content (AvgIpc) is 3.13. The minimum atomic E-state index is -3.39. The van der Waals surface area contributed by atoms with Crippen LogP contribution in [0.2, 0.25) is 6.82 Å². The van der Waals surface area contributed by atoms with Crippen LogP contribution in [-0.2, 0) is 10.0 Å². The summed E-state index contributed by atoms with van der Waals surface area (Å²) in [4.78, 5) is 31.4. The SMILES string of the molecule is CB(O)N1CCN2c3cnn(-c4cc(F)cc(F)c4)c(=O)c3OCC2C1.CC(C)S(=O)(=O)N1CCN2c3cnn(-c4cc(F)cc(F)c4)c(=O)c3OCC2C1. The highest BCUT2D eigenvalue weighted by molar-refractivity contribution is 7.89. The zero-order chi connectivity index (χ0) is 39.3. The standard InChI is InChI=1S/C18H20F2N4O4S.C16H17BF2N4O3/c1-11(2)29(26,27)22-3-4-23-15(9-22)10-28-17-16(23)8-21-24(18(17)25)14-6-12(19)5-13(20)7-14;1-17(25)21-2-3-22-13(8-21)9-26-15-14(22)7-20-23(16(15)24)12-5-10(18)4-11(19)6-12/h5-8,11,15H,3-4,9-10H2,1-2H3;4-7,13,25H,2-3,8-9H2,1H3. The fourth-order valence-corrected chi connectivity index (χ4v) is 8.40. The number of benzene rings is 2. The van der Waals surface area contributed by atoms with Gasteiger partial charge in [0.25, 0.3) is 0 Å². The van der Waals surface area contributed by atoms with Crippen molar-refractivity contribution in [1.29, 1.82) is 0 Å². The van der Waals surface area contributed by atoms with Gasteiger partial charge in [0.05, 0.1) is 41.1 Å². The highest BCUT2D eigenvalue weighted by atomic mass is 32.2. The Hall–Kier alpha value is -4.99. The summed E-state index contributed by atoms with van der Waals surface area (Å²) in [6.07, 6.45) is 2.88. The molecule has 8 rings (SSSR count). The number of nitrogens with zero attached hydrogens (tertiary/aromatic N) is 8. The third-order valence-electron chi connectivity index (χ3n) is 9.92. The second-order valence-corrected chi connectivity index (χ2v) is 16.3. The quantitative estimate of drug-likeness (QED) is 0.231. The van der Waals surface area contributed by atoms with Gasteiger partial charge in [-0.15, -0.1) is 0 Å². The Morgan fingerprint density at radius 1 is 0.727 bits per heavy atom. The second kappa shape index (κ2) is 14.9. The van der Waals surface area contributed by atoms with Gasteiger partial charge in [-0.2, -0.15) is 23.9 Å². The van der Waals surface area contributed by atoms with E-state index in [2.05, 4.69) is 10.2 Å². The number of anilines is 2. The van der Waals surface area contributed by atoms with Crippen molar-refractivity contribution in [3.05, 3.63) is 92.8 Å². The van der Waals surface area contributed by atoms with E-state index in [0.717, 1.165) is 39.7 Å². The number of hydrogen-bond acceptors (Lipinski definition) is 12. The van der Waals surface area contributed by atoms with Crippen LogP contribution in [0.25, 0.3) is 11.4 Å². The van der Waals surface area contributed by atoms with E-state index in [1.165, 1.54) is 16.7 Å². The Bertz CT molecular complexity index is 2310. The van der Waals surface area contributed by atoms with E-state index >= 15 is 0 Å². The van der Waals surface area contributed by atoms with Crippen LogP contribution < -0.4 is 30.4 Å². The van der Waals surface area contributed by atoms with Crippen LogP contribution >= 0.6 is 0 Å². The van der Waals surface area contributed by atoms with E-state index in [4.69, 9.17) is 9.47 Å². The molecule has 2 atom stereocenters. The number of sulfonamides is 1. The predicted octanol–water partition coefficient (Wildman–Crippen LogP) is 1.64. The molecule has 2 aromatic carbocycles. The smallest absolute Gasteiger partial charge is 0.376 e. The van der Waals surface area contributed by atoms with Gasteiger partial charge >= 0.3 is 18.2 Å². The van der Waals surface area contributed by atoms with Gasteiger partial charge in [0.1, 0.15) is 47.9 Å². The van der Waals surface area contributed by atoms with E-state index in [1.807, 2.05) is 14.6 Å². The lowest BCUT2D eigenvalue weighted by molar-refractivity contribution is 0.202. The van der Waals surface area contributed by atoms with Crippen molar-refractivity contribution in [1.82, 2.24) is 28.7 Å². The molecule has 4 aliphatic heterocycles. The first kappa shape index (κ1) is 38.3. The summed E-state index contributed by atoms with van der Waals surface area (Å²) < 4.78 is 93.4. The highest BCUT2D eigenvalue weighted by Crippen LogP contribution is 2.34. The Labute approximate surface area is 313 Å². The van der Waals surface area contributed by atoms with Crippen LogP contribution in [0.15, 0.2) is 58.4 Å². The first-order valence-electron chi connectivity index (χ1n) is 17.5. The van der Waals surface area contributed by atoms with E-state index in [-0.39, 0.29) is 61.3 Å². The molecule has 2 saturated heterocycles. The summed E-state index contributed by atoms with van der Waals surface area (Å²) in [7, 11) is -3.94. The average molecular weight is 789 g/mol. The Balaban J connectivity index is 0.000000170. The highest BCUT2D eigenvalue weighted by Gasteiger charge is 2.40. The van der Waals surface area contributed by atoms with Crippen LogP contribution in [0.1, 0.15) is 13.8 Å².